The minimum atomic E-state index is 0.139. The maximum absolute atomic E-state index is 11.9. The monoisotopic (exact) mass is 304 g/mol. The highest BCUT2D eigenvalue weighted by molar-refractivity contribution is 5.75. The molecule has 1 aliphatic heterocycles. The highest BCUT2D eigenvalue weighted by Gasteiger charge is 2.15. The Morgan fingerprint density at radius 2 is 2.23 bits per heavy atom. The molecule has 1 saturated heterocycles. The van der Waals surface area contributed by atoms with Gasteiger partial charge in [-0.25, -0.2) is 4.98 Å². The summed E-state index contributed by atoms with van der Waals surface area (Å²) in [6.45, 7) is 8.87. The van der Waals surface area contributed by atoms with Crippen LogP contribution in [-0.2, 0) is 11.3 Å². The smallest absolute Gasteiger partial charge is 0.220 e. The highest BCUT2D eigenvalue weighted by atomic mass is 16.1. The molecule has 5 heteroatoms. The summed E-state index contributed by atoms with van der Waals surface area (Å²) in [6, 6.07) is 4.07. The number of nitrogens with one attached hydrogen (secondary N) is 2. The summed E-state index contributed by atoms with van der Waals surface area (Å²) in [5.41, 5.74) is 1.05. The van der Waals surface area contributed by atoms with Gasteiger partial charge in [0.25, 0.3) is 0 Å². The third kappa shape index (κ3) is 4.98. The Morgan fingerprint density at radius 1 is 1.41 bits per heavy atom. The first-order valence-electron chi connectivity index (χ1n) is 8.40. The molecule has 0 saturated carbocycles. The van der Waals surface area contributed by atoms with E-state index in [1.807, 2.05) is 18.3 Å². The number of carbonyl (C=O) groups excluding carboxylic acids is 1. The van der Waals surface area contributed by atoms with Crippen LogP contribution in [0.5, 0.6) is 0 Å². The van der Waals surface area contributed by atoms with Gasteiger partial charge in [-0.2, -0.15) is 0 Å². The number of carbonyl (C=O) groups is 1. The molecule has 2 heterocycles. The molecule has 0 aromatic carbocycles. The standard InChI is InChI=1S/C17H28N4O/c1-3-21(4-2)16-7-5-15(12-19-16)13-20-17(22)8-6-14-9-10-18-11-14/h5,7,12,14,18H,3-4,6,8-11,13H2,1-2H3,(H,20,22). The molecule has 0 bridgehead atoms. The molecule has 2 N–H and O–H groups in total. The SMILES string of the molecule is CCN(CC)c1ccc(CNC(=O)CCC2CCNC2)cn1. The molecule has 122 valence electrons. The van der Waals surface area contributed by atoms with Crippen molar-refractivity contribution in [2.45, 2.75) is 39.7 Å². The molecule has 1 unspecified atom stereocenters. The second-order valence-corrected chi connectivity index (χ2v) is 5.87. The molecule has 1 fully saturated rings. The number of rotatable bonds is 8. The number of aromatic nitrogens is 1. The Kier molecular flexibility index (Phi) is 6.65. The quantitative estimate of drug-likeness (QED) is 0.770. The molecule has 5 nitrogen and oxygen atoms in total. The van der Waals surface area contributed by atoms with Gasteiger partial charge in [-0.3, -0.25) is 4.79 Å². The van der Waals surface area contributed by atoms with Gasteiger partial charge in [0, 0.05) is 32.3 Å². The normalized spacial score (nSPS) is 17.5. The number of amides is 1. The lowest BCUT2D eigenvalue weighted by Crippen LogP contribution is -2.24. The third-order valence-corrected chi connectivity index (χ3v) is 4.33. The van der Waals surface area contributed by atoms with Gasteiger partial charge in [0.2, 0.25) is 5.91 Å². The van der Waals surface area contributed by atoms with Crippen LogP contribution in [0.4, 0.5) is 5.82 Å². The zero-order valence-corrected chi connectivity index (χ0v) is 13.8. The Labute approximate surface area is 133 Å². The fourth-order valence-corrected chi connectivity index (χ4v) is 2.84. The lowest BCUT2D eigenvalue weighted by Gasteiger charge is -2.19. The van der Waals surface area contributed by atoms with Gasteiger partial charge >= 0.3 is 0 Å². The molecule has 2 rings (SSSR count). The zero-order chi connectivity index (χ0) is 15.8. The van der Waals surface area contributed by atoms with Crippen molar-refractivity contribution < 1.29 is 4.79 Å². The number of nitrogens with zero attached hydrogens (tertiary/aromatic N) is 2. The summed E-state index contributed by atoms with van der Waals surface area (Å²) in [7, 11) is 0. The van der Waals surface area contributed by atoms with E-state index < -0.39 is 0 Å². The first-order valence-corrected chi connectivity index (χ1v) is 8.40. The molecular weight excluding hydrogens is 276 g/mol. The predicted molar refractivity (Wildman–Crippen MR) is 89.9 cm³/mol. The number of hydrogen-bond donors (Lipinski definition) is 2. The van der Waals surface area contributed by atoms with Crippen molar-refractivity contribution in [2.75, 3.05) is 31.1 Å². The molecular formula is C17H28N4O. The fourth-order valence-electron chi connectivity index (χ4n) is 2.84. The van der Waals surface area contributed by atoms with Crippen molar-refractivity contribution in [1.29, 1.82) is 0 Å². The lowest BCUT2D eigenvalue weighted by molar-refractivity contribution is -0.121. The summed E-state index contributed by atoms with van der Waals surface area (Å²) < 4.78 is 0. The van der Waals surface area contributed by atoms with Crippen LogP contribution in [0, 0.1) is 5.92 Å². The number of hydrogen-bond acceptors (Lipinski definition) is 4. The van der Waals surface area contributed by atoms with Crippen LogP contribution in [-0.4, -0.2) is 37.1 Å². The molecule has 0 aliphatic carbocycles. The van der Waals surface area contributed by atoms with Crippen LogP contribution < -0.4 is 15.5 Å². The number of anilines is 1. The van der Waals surface area contributed by atoms with Crippen molar-refractivity contribution in [1.82, 2.24) is 15.6 Å². The van der Waals surface area contributed by atoms with E-state index in [0.29, 0.717) is 18.9 Å². The average molecular weight is 304 g/mol. The molecule has 0 radical (unpaired) electrons. The van der Waals surface area contributed by atoms with Crippen LogP contribution in [0.1, 0.15) is 38.7 Å². The summed E-state index contributed by atoms with van der Waals surface area (Å²) in [4.78, 5) is 18.6. The molecule has 1 aromatic heterocycles. The second kappa shape index (κ2) is 8.73. The van der Waals surface area contributed by atoms with Crippen molar-refractivity contribution in [3.05, 3.63) is 23.9 Å². The molecule has 22 heavy (non-hydrogen) atoms. The largest absolute Gasteiger partial charge is 0.357 e. The zero-order valence-electron chi connectivity index (χ0n) is 13.8. The van der Waals surface area contributed by atoms with Crippen LogP contribution in [0.2, 0.25) is 0 Å². The van der Waals surface area contributed by atoms with Gasteiger partial charge in [0.15, 0.2) is 0 Å². The van der Waals surface area contributed by atoms with E-state index in [0.717, 1.165) is 44.0 Å². The predicted octanol–water partition coefficient (Wildman–Crippen LogP) is 1.93. The summed E-state index contributed by atoms with van der Waals surface area (Å²) >= 11 is 0. The van der Waals surface area contributed by atoms with E-state index in [9.17, 15) is 4.79 Å². The fraction of sp³-hybridized carbons (Fsp3) is 0.647. The summed E-state index contributed by atoms with van der Waals surface area (Å²) in [6.07, 6.45) is 4.66. The summed E-state index contributed by atoms with van der Waals surface area (Å²) in [5.74, 6) is 1.80. The van der Waals surface area contributed by atoms with E-state index in [1.54, 1.807) is 0 Å². The molecule has 0 spiro atoms. The van der Waals surface area contributed by atoms with Gasteiger partial charge in [-0.15, -0.1) is 0 Å². The topological polar surface area (TPSA) is 57.3 Å². The molecule has 1 aliphatic rings. The van der Waals surface area contributed by atoms with Gasteiger partial charge in [0.05, 0.1) is 0 Å². The number of pyridine rings is 1. The highest BCUT2D eigenvalue weighted by Crippen LogP contribution is 2.14. The van der Waals surface area contributed by atoms with E-state index in [4.69, 9.17) is 0 Å². The van der Waals surface area contributed by atoms with Crippen molar-refractivity contribution in [3.63, 3.8) is 0 Å². The van der Waals surface area contributed by atoms with Gasteiger partial charge in [-0.1, -0.05) is 6.07 Å². The maximum Gasteiger partial charge on any atom is 0.220 e. The van der Waals surface area contributed by atoms with Crippen LogP contribution in [0.15, 0.2) is 18.3 Å². The van der Waals surface area contributed by atoms with Crippen LogP contribution in [0.3, 0.4) is 0 Å². The van der Waals surface area contributed by atoms with E-state index >= 15 is 0 Å². The lowest BCUT2D eigenvalue weighted by atomic mass is 10.0. The first kappa shape index (κ1) is 16.7. The van der Waals surface area contributed by atoms with Gasteiger partial charge in [0.1, 0.15) is 5.82 Å². The average Bonchev–Trinajstić information content (AvgIpc) is 3.07. The Balaban J connectivity index is 1.72. The minimum Gasteiger partial charge on any atom is -0.357 e. The van der Waals surface area contributed by atoms with E-state index in [1.165, 1.54) is 6.42 Å². The minimum absolute atomic E-state index is 0.139. The maximum atomic E-state index is 11.9. The Morgan fingerprint density at radius 3 is 2.82 bits per heavy atom. The van der Waals surface area contributed by atoms with Crippen molar-refractivity contribution in [2.24, 2.45) is 5.92 Å². The Bertz CT molecular complexity index is 450. The van der Waals surface area contributed by atoms with Gasteiger partial charge in [-0.05, 0) is 57.3 Å². The van der Waals surface area contributed by atoms with Crippen molar-refractivity contribution >= 4 is 11.7 Å². The van der Waals surface area contributed by atoms with Crippen LogP contribution in [0.25, 0.3) is 0 Å². The first-order chi connectivity index (χ1) is 10.7. The van der Waals surface area contributed by atoms with E-state index in [2.05, 4.69) is 34.4 Å². The molecule has 1 atom stereocenters. The summed E-state index contributed by atoms with van der Waals surface area (Å²) in [5, 5.41) is 6.32. The van der Waals surface area contributed by atoms with E-state index in [-0.39, 0.29) is 5.91 Å². The molecule has 1 aromatic rings. The third-order valence-electron chi connectivity index (χ3n) is 4.33. The van der Waals surface area contributed by atoms with Gasteiger partial charge < -0.3 is 15.5 Å². The van der Waals surface area contributed by atoms with Crippen molar-refractivity contribution in [3.8, 4) is 0 Å². The molecule has 1 amide bonds. The second-order valence-electron chi connectivity index (χ2n) is 5.87. The Hall–Kier alpha value is -1.62. The van der Waals surface area contributed by atoms with Crippen LogP contribution >= 0.6 is 0 Å².